The average molecular weight is 397 g/mol. The van der Waals surface area contributed by atoms with Crippen LogP contribution in [0.1, 0.15) is 35.5 Å². The number of carbonyl (C=O) groups is 1. The summed E-state index contributed by atoms with van der Waals surface area (Å²) >= 11 is 0. The molecule has 0 unspecified atom stereocenters. The highest BCUT2D eigenvalue weighted by Gasteiger charge is 2.13. The third kappa shape index (κ3) is 3.98. The standard InChI is InChI=1S/C24H23N5O/c1-3-16-8-5-9-17(4-2)21(16)29-24-26-15-13-20(28-24)23(30)27-19-12-6-10-18-11-7-14-25-22(18)19/h5-15H,3-4H2,1-2H3,(H,27,30)(H,26,28,29). The number of amides is 1. The van der Waals surface area contributed by atoms with E-state index in [4.69, 9.17) is 0 Å². The number of nitrogens with one attached hydrogen (secondary N) is 2. The van der Waals surface area contributed by atoms with E-state index in [-0.39, 0.29) is 11.6 Å². The van der Waals surface area contributed by atoms with E-state index in [0.29, 0.717) is 11.6 Å². The molecule has 0 saturated carbocycles. The molecule has 0 aliphatic heterocycles. The van der Waals surface area contributed by atoms with Crippen molar-refractivity contribution in [3.63, 3.8) is 0 Å². The minimum Gasteiger partial charge on any atom is -0.324 e. The normalized spacial score (nSPS) is 10.7. The van der Waals surface area contributed by atoms with E-state index in [0.717, 1.165) is 29.4 Å². The van der Waals surface area contributed by atoms with Gasteiger partial charge in [-0.1, -0.05) is 50.2 Å². The van der Waals surface area contributed by atoms with Crippen molar-refractivity contribution in [3.05, 3.63) is 83.8 Å². The first kappa shape index (κ1) is 19.5. The van der Waals surface area contributed by atoms with Crippen LogP contribution in [-0.2, 0) is 12.8 Å². The van der Waals surface area contributed by atoms with Gasteiger partial charge in [-0.2, -0.15) is 0 Å². The van der Waals surface area contributed by atoms with Crippen molar-refractivity contribution in [2.24, 2.45) is 0 Å². The molecule has 2 aromatic heterocycles. The molecule has 2 heterocycles. The molecule has 150 valence electrons. The lowest BCUT2D eigenvalue weighted by Gasteiger charge is -2.14. The fraction of sp³-hybridized carbons (Fsp3) is 0.167. The van der Waals surface area contributed by atoms with E-state index < -0.39 is 0 Å². The van der Waals surface area contributed by atoms with Crippen molar-refractivity contribution in [1.82, 2.24) is 15.0 Å². The van der Waals surface area contributed by atoms with E-state index in [1.54, 1.807) is 18.5 Å². The van der Waals surface area contributed by atoms with Crippen LogP contribution in [0.5, 0.6) is 0 Å². The first-order chi connectivity index (χ1) is 14.7. The van der Waals surface area contributed by atoms with Crippen LogP contribution in [-0.4, -0.2) is 20.9 Å². The topological polar surface area (TPSA) is 79.8 Å². The predicted molar refractivity (Wildman–Crippen MR) is 120 cm³/mol. The number of fused-ring (bicyclic) bond motifs is 1. The molecule has 0 aliphatic carbocycles. The molecule has 0 spiro atoms. The molecule has 4 rings (SSSR count). The molecule has 4 aromatic rings. The summed E-state index contributed by atoms with van der Waals surface area (Å²) in [5, 5.41) is 7.20. The third-order valence-corrected chi connectivity index (χ3v) is 5.00. The van der Waals surface area contributed by atoms with Gasteiger partial charge in [-0.25, -0.2) is 9.97 Å². The molecule has 0 saturated heterocycles. The van der Waals surface area contributed by atoms with Gasteiger partial charge in [0.2, 0.25) is 5.95 Å². The molecule has 0 bridgehead atoms. The molecular formula is C24H23N5O. The van der Waals surface area contributed by atoms with Crippen molar-refractivity contribution >= 4 is 34.1 Å². The van der Waals surface area contributed by atoms with Crippen LogP contribution in [0.3, 0.4) is 0 Å². The SMILES string of the molecule is CCc1cccc(CC)c1Nc1nccc(C(=O)Nc2cccc3cccnc23)n1. The largest absolute Gasteiger partial charge is 0.324 e. The Kier molecular flexibility index (Phi) is 5.66. The maximum atomic E-state index is 12.9. The van der Waals surface area contributed by atoms with E-state index in [1.165, 1.54) is 11.1 Å². The summed E-state index contributed by atoms with van der Waals surface area (Å²) in [6, 6.07) is 17.4. The Bertz CT molecular complexity index is 1180. The minimum atomic E-state index is -0.307. The number of rotatable bonds is 6. The first-order valence-corrected chi connectivity index (χ1v) is 10.1. The maximum Gasteiger partial charge on any atom is 0.274 e. The Morgan fingerprint density at radius 2 is 1.60 bits per heavy atom. The van der Waals surface area contributed by atoms with Gasteiger partial charge < -0.3 is 10.6 Å². The predicted octanol–water partition coefficient (Wildman–Crippen LogP) is 5.15. The van der Waals surface area contributed by atoms with Gasteiger partial charge in [0.05, 0.1) is 11.2 Å². The number of anilines is 3. The summed E-state index contributed by atoms with van der Waals surface area (Å²) < 4.78 is 0. The molecule has 6 heteroatoms. The number of benzene rings is 2. The second-order valence-corrected chi connectivity index (χ2v) is 6.88. The Hall–Kier alpha value is -3.80. The number of nitrogens with zero attached hydrogens (tertiary/aromatic N) is 3. The second-order valence-electron chi connectivity index (χ2n) is 6.88. The first-order valence-electron chi connectivity index (χ1n) is 10.1. The molecule has 2 N–H and O–H groups in total. The van der Waals surface area contributed by atoms with Crippen molar-refractivity contribution in [1.29, 1.82) is 0 Å². The van der Waals surface area contributed by atoms with E-state index in [2.05, 4.69) is 57.6 Å². The average Bonchev–Trinajstić information content (AvgIpc) is 2.79. The van der Waals surface area contributed by atoms with Crippen LogP contribution >= 0.6 is 0 Å². The molecule has 0 radical (unpaired) electrons. The number of hydrogen-bond donors (Lipinski definition) is 2. The molecule has 30 heavy (non-hydrogen) atoms. The van der Waals surface area contributed by atoms with E-state index in [9.17, 15) is 4.79 Å². The summed E-state index contributed by atoms with van der Waals surface area (Å²) in [4.78, 5) is 26.0. The van der Waals surface area contributed by atoms with Crippen LogP contribution in [0.25, 0.3) is 10.9 Å². The van der Waals surface area contributed by atoms with Crippen molar-refractivity contribution in [2.75, 3.05) is 10.6 Å². The Balaban J connectivity index is 1.60. The fourth-order valence-electron chi connectivity index (χ4n) is 3.45. The summed E-state index contributed by atoms with van der Waals surface area (Å²) in [5.74, 6) is 0.0902. The fourth-order valence-corrected chi connectivity index (χ4v) is 3.45. The van der Waals surface area contributed by atoms with Gasteiger partial charge >= 0.3 is 0 Å². The summed E-state index contributed by atoms with van der Waals surface area (Å²) in [5.41, 5.74) is 5.07. The van der Waals surface area contributed by atoms with Crippen molar-refractivity contribution in [3.8, 4) is 0 Å². The van der Waals surface area contributed by atoms with Gasteiger partial charge in [0, 0.05) is 23.5 Å². The second kappa shape index (κ2) is 8.69. The summed E-state index contributed by atoms with van der Waals surface area (Å²) in [7, 11) is 0. The Morgan fingerprint density at radius 3 is 2.37 bits per heavy atom. The minimum absolute atomic E-state index is 0.285. The monoisotopic (exact) mass is 397 g/mol. The number of hydrogen-bond acceptors (Lipinski definition) is 5. The zero-order chi connectivity index (χ0) is 20.9. The number of para-hydroxylation sites is 2. The number of aryl methyl sites for hydroxylation is 2. The van der Waals surface area contributed by atoms with Gasteiger partial charge in [0.15, 0.2) is 0 Å². The molecule has 0 fully saturated rings. The summed E-state index contributed by atoms with van der Waals surface area (Å²) in [6.07, 6.45) is 5.09. The molecular weight excluding hydrogens is 374 g/mol. The molecule has 2 aromatic carbocycles. The van der Waals surface area contributed by atoms with Crippen molar-refractivity contribution in [2.45, 2.75) is 26.7 Å². The van der Waals surface area contributed by atoms with Crippen molar-refractivity contribution < 1.29 is 4.79 Å². The highest BCUT2D eigenvalue weighted by molar-refractivity contribution is 6.07. The van der Waals surface area contributed by atoms with Crippen LogP contribution in [0.15, 0.2) is 67.0 Å². The third-order valence-electron chi connectivity index (χ3n) is 5.00. The Morgan fingerprint density at radius 1 is 0.867 bits per heavy atom. The van der Waals surface area contributed by atoms with Gasteiger partial charge in [0.25, 0.3) is 5.91 Å². The molecule has 1 amide bonds. The molecule has 0 atom stereocenters. The quantitative estimate of drug-likeness (QED) is 0.471. The zero-order valence-corrected chi connectivity index (χ0v) is 17.0. The van der Waals surface area contributed by atoms with Crippen LogP contribution < -0.4 is 10.6 Å². The van der Waals surface area contributed by atoms with E-state index >= 15 is 0 Å². The smallest absolute Gasteiger partial charge is 0.274 e. The van der Waals surface area contributed by atoms with Crippen LogP contribution in [0.4, 0.5) is 17.3 Å². The zero-order valence-electron chi connectivity index (χ0n) is 17.0. The number of pyridine rings is 1. The molecule has 0 aliphatic rings. The Labute approximate surface area is 175 Å². The van der Waals surface area contributed by atoms with Gasteiger partial charge in [-0.3, -0.25) is 9.78 Å². The number of aromatic nitrogens is 3. The van der Waals surface area contributed by atoms with Gasteiger partial charge in [-0.05, 0) is 42.2 Å². The summed E-state index contributed by atoms with van der Waals surface area (Å²) in [6.45, 7) is 4.23. The van der Waals surface area contributed by atoms with E-state index in [1.807, 2.05) is 30.3 Å². The van der Waals surface area contributed by atoms with Gasteiger partial charge in [0.1, 0.15) is 5.69 Å². The molecule has 6 nitrogen and oxygen atoms in total. The van der Waals surface area contributed by atoms with Crippen LogP contribution in [0, 0.1) is 0 Å². The lowest BCUT2D eigenvalue weighted by atomic mass is 10.0. The highest BCUT2D eigenvalue weighted by atomic mass is 16.1. The van der Waals surface area contributed by atoms with Crippen LogP contribution in [0.2, 0.25) is 0 Å². The highest BCUT2D eigenvalue weighted by Crippen LogP contribution is 2.25. The lowest BCUT2D eigenvalue weighted by molar-refractivity contribution is 0.102. The lowest BCUT2D eigenvalue weighted by Crippen LogP contribution is -2.15. The number of carbonyl (C=O) groups excluding carboxylic acids is 1. The maximum absolute atomic E-state index is 12.9. The van der Waals surface area contributed by atoms with Gasteiger partial charge in [-0.15, -0.1) is 0 Å².